The Bertz CT molecular complexity index is 142. The molecule has 2 heteroatoms. The fourth-order valence-electron chi connectivity index (χ4n) is 1.84. The lowest BCUT2D eigenvalue weighted by Gasteiger charge is -2.33. The first-order chi connectivity index (χ1) is 5.22. The third-order valence-corrected chi connectivity index (χ3v) is 2.99. The summed E-state index contributed by atoms with van der Waals surface area (Å²) in [4.78, 5) is 2.53. The smallest absolute Gasteiger partial charge is 0.0940 e. The highest BCUT2D eigenvalue weighted by molar-refractivity contribution is 4.96. The first kappa shape index (κ1) is 7.56. The van der Waals surface area contributed by atoms with Crippen molar-refractivity contribution in [1.29, 1.82) is 0 Å². The van der Waals surface area contributed by atoms with Gasteiger partial charge < -0.3 is 9.64 Å². The number of ether oxygens (including phenoxy) is 1. The van der Waals surface area contributed by atoms with Crippen molar-refractivity contribution in [3.8, 4) is 0 Å². The van der Waals surface area contributed by atoms with Crippen LogP contribution in [-0.2, 0) is 4.74 Å². The maximum atomic E-state index is 5.44. The van der Waals surface area contributed by atoms with E-state index in [-0.39, 0.29) is 0 Å². The number of hydrogen-bond acceptors (Lipinski definition) is 2. The Morgan fingerprint density at radius 1 is 1.27 bits per heavy atom. The van der Waals surface area contributed by atoms with E-state index in [9.17, 15) is 0 Å². The molecule has 0 aromatic rings. The molecule has 0 bridgehead atoms. The van der Waals surface area contributed by atoms with Gasteiger partial charge in [0, 0.05) is 19.1 Å². The van der Waals surface area contributed by atoms with Crippen LogP contribution in [0.15, 0.2) is 0 Å². The van der Waals surface area contributed by atoms with Crippen LogP contribution in [0.3, 0.4) is 0 Å². The normalized spacial score (nSPS) is 29.7. The van der Waals surface area contributed by atoms with Crippen LogP contribution in [-0.4, -0.2) is 36.2 Å². The van der Waals surface area contributed by atoms with Gasteiger partial charge in [-0.3, -0.25) is 0 Å². The van der Waals surface area contributed by atoms with Gasteiger partial charge in [-0.05, 0) is 26.7 Å². The van der Waals surface area contributed by atoms with Crippen molar-refractivity contribution in [1.82, 2.24) is 4.90 Å². The minimum absolute atomic E-state index is 0.353. The fourth-order valence-corrected chi connectivity index (χ4v) is 1.84. The minimum Gasteiger partial charge on any atom is -0.369 e. The van der Waals surface area contributed by atoms with Crippen molar-refractivity contribution in [3.63, 3.8) is 0 Å². The molecule has 0 aromatic carbocycles. The molecule has 1 spiro atoms. The summed E-state index contributed by atoms with van der Waals surface area (Å²) in [6.07, 6.45) is 2.51. The van der Waals surface area contributed by atoms with Crippen LogP contribution in [0.4, 0.5) is 0 Å². The molecule has 0 aromatic heterocycles. The zero-order valence-corrected chi connectivity index (χ0v) is 7.47. The molecule has 0 amide bonds. The van der Waals surface area contributed by atoms with Crippen LogP contribution < -0.4 is 0 Å². The topological polar surface area (TPSA) is 15.8 Å². The van der Waals surface area contributed by atoms with Crippen molar-refractivity contribution >= 4 is 0 Å². The van der Waals surface area contributed by atoms with Crippen molar-refractivity contribution in [3.05, 3.63) is 0 Å². The molecule has 11 heavy (non-hydrogen) atoms. The zero-order chi connectivity index (χ0) is 7.90. The van der Waals surface area contributed by atoms with Gasteiger partial charge >= 0.3 is 0 Å². The molecule has 2 heterocycles. The van der Waals surface area contributed by atoms with E-state index in [2.05, 4.69) is 18.7 Å². The summed E-state index contributed by atoms with van der Waals surface area (Å²) in [6.45, 7) is 8.03. The van der Waals surface area contributed by atoms with E-state index >= 15 is 0 Å². The monoisotopic (exact) mass is 155 g/mol. The Labute approximate surface area is 68.5 Å². The first-order valence-electron chi connectivity index (χ1n) is 4.60. The van der Waals surface area contributed by atoms with Crippen LogP contribution in [0.1, 0.15) is 26.7 Å². The predicted octanol–water partition coefficient (Wildman–Crippen LogP) is 1.26. The van der Waals surface area contributed by atoms with Crippen LogP contribution in [0.2, 0.25) is 0 Å². The highest BCUT2D eigenvalue weighted by Crippen LogP contribution is 2.37. The molecule has 2 saturated heterocycles. The maximum Gasteiger partial charge on any atom is 0.0940 e. The lowest BCUT2D eigenvalue weighted by molar-refractivity contribution is 0.122. The number of hydrogen-bond donors (Lipinski definition) is 0. The molecule has 0 N–H and O–H groups in total. The maximum absolute atomic E-state index is 5.44. The lowest BCUT2D eigenvalue weighted by atomic mass is 9.97. The Kier molecular flexibility index (Phi) is 1.69. The van der Waals surface area contributed by atoms with Gasteiger partial charge in [0.05, 0.1) is 12.2 Å². The molecule has 2 aliphatic heterocycles. The Hall–Kier alpha value is -0.0800. The number of epoxide rings is 1. The largest absolute Gasteiger partial charge is 0.369 e. The van der Waals surface area contributed by atoms with Crippen LogP contribution in [0.5, 0.6) is 0 Å². The SMILES string of the molecule is CC(C)N1CCC2(CC1)CO2. The Morgan fingerprint density at radius 2 is 1.82 bits per heavy atom. The van der Waals surface area contributed by atoms with Gasteiger partial charge in [-0.15, -0.1) is 0 Å². The van der Waals surface area contributed by atoms with Gasteiger partial charge in [-0.25, -0.2) is 0 Å². The van der Waals surface area contributed by atoms with Crippen molar-refractivity contribution < 1.29 is 4.74 Å². The van der Waals surface area contributed by atoms with E-state index in [0.29, 0.717) is 11.6 Å². The molecule has 0 saturated carbocycles. The van der Waals surface area contributed by atoms with Crippen molar-refractivity contribution in [2.45, 2.75) is 38.3 Å². The summed E-state index contributed by atoms with van der Waals surface area (Å²) in [7, 11) is 0. The Morgan fingerprint density at radius 3 is 2.18 bits per heavy atom. The Balaban J connectivity index is 1.84. The zero-order valence-electron chi connectivity index (χ0n) is 7.47. The summed E-state index contributed by atoms with van der Waals surface area (Å²) >= 11 is 0. The van der Waals surface area contributed by atoms with E-state index < -0.39 is 0 Å². The average Bonchev–Trinajstić information content (AvgIpc) is 2.70. The molecular weight excluding hydrogens is 138 g/mol. The van der Waals surface area contributed by atoms with E-state index in [1.165, 1.54) is 25.9 Å². The van der Waals surface area contributed by atoms with Gasteiger partial charge in [-0.2, -0.15) is 0 Å². The third-order valence-electron chi connectivity index (χ3n) is 2.99. The molecule has 2 aliphatic rings. The molecule has 2 fully saturated rings. The highest BCUT2D eigenvalue weighted by Gasteiger charge is 2.46. The molecule has 2 rings (SSSR count). The average molecular weight is 155 g/mol. The summed E-state index contributed by atoms with van der Waals surface area (Å²) in [6, 6.07) is 0.714. The molecule has 2 nitrogen and oxygen atoms in total. The van der Waals surface area contributed by atoms with Gasteiger partial charge in [0.25, 0.3) is 0 Å². The quantitative estimate of drug-likeness (QED) is 0.530. The summed E-state index contributed by atoms with van der Waals surface area (Å²) in [5.41, 5.74) is 0.353. The molecule has 0 unspecified atom stereocenters. The van der Waals surface area contributed by atoms with E-state index in [0.717, 1.165) is 6.61 Å². The van der Waals surface area contributed by atoms with Crippen molar-refractivity contribution in [2.24, 2.45) is 0 Å². The number of likely N-dealkylation sites (tertiary alicyclic amines) is 1. The highest BCUT2D eigenvalue weighted by atomic mass is 16.6. The summed E-state index contributed by atoms with van der Waals surface area (Å²) < 4.78 is 5.44. The van der Waals surface area contributed by atoms with Gasteiger partial charge in [0.15, 0.2) is 0 Å². The minimum atomic E-state index is 0.353. The standard InChI is InChI=1S/C9H17NO/c1-8(2)10-5-3-9(4-6-10)7-11-9/h8H,3-7H2,1-2H3. The second-order valence-corrected chi connectivity index (χ2v) is 4.10. The number of nitrogens with zero attached hydrogens (tertiary/aromatic N) is 1. The first-order valence-corrected chi connectivity index (χ1v) is 4.60. The van der Waals surface area contributed by atoms with E-state index in [4.69, 9.17) is 4.74 Å². The number of piperidine rings is 1. The van der Waals surface area contributed by atoms with E-state index in [1.54, 1.807) is 0 Å². The molecule has 0 aliphatic carbocycles. The predicted molar refractivity (Wildman–Crippen MR) is 44.6 cm³/mol. The van der Waals surface area contributed by atoms with Gasteiger partial charge in [0.1, 0.15) is 0 Å². The third kappa shape index (κ3) is 1.42. The summed E-state index contributed by atoms with van der Waals surface area (Å²) in [5, 5.41) is 0. The molecule has 64 valence electrons. The van der Waals surface area contributed by atoms with Crippen LogP contribution >= 0.6 is 0 Å². The van der Waals surface area contributed by atoms with Gasteiger partial charge in [-0.1, -0.05) is 0 Å². The van der Waals surface area contributed by atoms with Crippen LogP contribution in [0, 0.1) is 0 Å². The fraction of sp³-hybridized carbons (Fsp3) is 1.00. The molecular formula is C9H17NO. The lowest BCUT2D eigenvalue weighted by Crippen LogP contribution is -2.41. The van der Waals surface area contributed by atoms with E-state index in [1.807, 2.05) is 0 Å². The van der Waals surface area contributed by atoms with Gasteiger partial charge in [0.2, 0.25) is 0 Å². The second-order valence-electron chi connectivity index (χ2n) is 4.10. The van der Waals surface area contributed by atoms with Crippen molar-refractivity contribution in [2.75, 3.05) is 19.7 Å². The molecule has 0 radical (unpaired) electrons. The summed E-state index contributed by atoms with van der Waals surface area (Å²) in [5.74, 6) is 0. The van der Waals surface area contributed by atoms with Crippen LogP contribution in [0.25, 0.3) is 0 Å². The number of rotatable bonds is 1. The second kappa shape index (κ2) is 2.46. The molecule has 0 atom stereocenters.